The Morgan fingerprint density at radius 1 is 0.837 bits per heavy atom. The average Bonchev–Trinajstić information content (AvgIpc) is 3.47. The molecule has 0 bridgehead atoms. The molecule has 2 N–H and O–H groups in total. The minimum absolute atomic E-state index is 0.0331. The van der Waals surface area contributed by atoms with E-state index in [1.54, 1.807) is 36.4 Å². The normalized spacial score (nSPS) is 14.5. The Morgan fingerprint density at radius 3 is 2.23 bits per heavy atom. The van der Waals surface area contributed by atoms with Crippen LogP contribution in [0, 0.1) is 0 Å². The molecule has 1 aliphatic rings. The number of fused-ring (bicyclic) bond motifs is 1. The van der Waals surface area contributed by atoms with Gasteiger partial charge in [0.2, 0.25) is 11.8 Å². The highest BCUT2D eigenvalue weighted by Gasteiger charge is 2.35. The SMILES string of the molecule is O=C(CCC(=O)N1N=C(c2c(-c3ccccc3)c3cc(Cl)ccc3[nH]c2=O)CC1c1ccccc1)Nc1ccc(Cl)cc1. The van der Waals surface area contributed by atoms with Gasteiger partial charge in [-0.05, 0) is 53.6 Å². The first-order valence-electron chi connectivity index (χ1n) is 13.8. The van der Waals surface area contributed by atoms with E-state index < -0.39 is 6.04 Å². The smallest absolute Gasteiger partial charge is 0.258 e. The first-order valence-corrected chi connectivity index (χ1v) is 14.5. The van der Waals surface area contributed by atoms with Gasteiger partial charge in [0.05, 0.1) is 17.3 Å². The summed E-state index contributed by atoms with van der Waals surface area (Å²) in [7, 11) is 0. The van der Waals surface area contributed by atoms with Gasteiger partial charge in [0.15, 0.2) is 0 Å². The Morgan fingerprint density at radius 2 is 1.51 bits per heavy atom. The number of carbonyl (C=O) groups is 2. The summed E-state index contributed by atoms with van der Waals surface area (Å²) in [4.78, 5) is 42.9. The maximum absolute atomic E-state index is 13.7. The van der Waals surface area contributed by atoms with Crippen LogP contribution in [-0.2, 0) is 9.59 Å². The molecule has 1 aromatic heterocycles. The number of hydrazone groups is 1. The molecule has 7 nitrogen and oxygen atoms in total. The van der Waals surface area contributed by atoms with Crippen molar-refractivity contribution in [1.29, 1.82) is 0 Å². The molecule has 1 aliphatic heterocycles. The van der Waals surface area contributed by atoms with Crippen molar-refractivity contribution in [2.45, 2.75) is 25.3 Å². The minimum atomic E-state index is -0.443. The summed E-state index contributed by atoms with van der Waals surface area (Å²) in [5.74, 6) is -0.624. The maximum Gasteiger partial charge on any atom is 0.258 e. The zero-order valence-electron chi connectivity index (χ0n) is 22.9. The third-order valence-corrected chi connectivity index (χ3v) is 7.86. The van der Waals surface area contributed by atoms with Crippen molar-refractivity contribution in [2.75, 3.05) is 5.32 Å². The molecular formula is C34H26Cl2N4O3. The summed E-state index contributed by atoms with van der Waals surface area (Å²) in [5, 5.41) is 10.8. The average molecular weight is 610 g/mol. The molecule has 0 saturated heterocycles. The number of pyridine rings is 1. The van der Waals surface area contributed by atoms with E-state index in [1.165, 1.54) is 5.01 Å². The quantitative estimate of drug-likeness (QED) is 0.199. The molecule has 0 saturated carbocycles. The summed E-state index contributed by atoms with van der Waals surface area (Å²) in [5.41, 5.74) is 4.21. The van der Waals surface area contributed by atoms with Crippen molar-refractivity contribution in [2.24, 2.45) is 5.10 Å². The summed E-state index contributed by atoms with van der Waals surface area (Å²) in [6.45, 7) is 0. The van der Waals surface area contributed by atoms with Crippen LogP contribution in [0.5, 0.6) is 0 Å². The predicted octanol–water partition coefficient (Wildman–Crippen LogP) is 7.60. The van der Waals surface area contributed by atoms with Gasteiger partial charge in [-0.2, -0.15) is 5.10 Å². The molecule has 6 rings (SSSR count). The molecule has 0 fully saturated rings. The number of aromatic nitrogens is 1. The summed E-state index contributed by atoms with van der Waals surface area (Å²) in [6.07, 6.45) is 0.227. The summed E-state index contributed by atoms with van der Waals surface area (Å²) in [6, 6.07) is 30.8. The number of nitrogens with zero attached hydrogens (tertiary/aromatic N) is 2. The number of rotatable bonds is 7. The Bertz CT molecular complexity index is 1910. The largest absolute Gasteiger partial charge is 0.326 e. The molecule has 0 radical (unpaired) electrons. The molecule has 1 unspecified atom stereocenters. The number of carbonyl (C=O) groups excluding carboxylic acids is 2. The number of H-pyrrole nitrogens is 1. The molecule has 2 heterocycles. The fraction of sp³-hybridized carbons (Fsp3) is 0.118. The number of hydrogen-bond acceptors (Lipinski definition) is 4. The van der Waals surface area contributed by atoms with Gasteiger partial charge >= 0.3 is 0 Å². The Balaban J connectivity index is 1.37. The van der Waals surface area contributed by atoms with E-state index >= 15 is 0 Å². The van der Waals surface area contributed by atoms with Gasteiger partial charge in [-0.1, -0.05) is 83.9 Å². The van der Waals surface area contributed by atoms with Crippen molar-refractivity contribution in [3.8, 4) is 11.1 Å². The Labute approximate surface area is 257 Å². The topological polar surface area (TPSA) is 94.6 Å². The van der Waals surface area contributed by atoms with E-state index in [9.17, 15) is 14.4 Å². The standard InChI is InChI=1S/C34H26Cl2N4O3/c35-23-11-14-25(15-12-23)37-30(41)17-18-31(42)40-29(21-7-3-1-4-8-21)20-28(39-40)33-32(22-9-5-2-6-10-22)26-19-24(36)13-16-27(26)38-34(33)43/h1-16,19,29H,17-18,20H2,(H,37,41)(H,38,43). The highest BCUT2D eigenvalue weighted by molar-refractivity contribution is 6.31. The first kappa shape index (κ1) is 28.4. The van der Waals surface area contributed by atoms with Crippen molar-refractivity contribution in [3.05, 3.63) is 135 Å². The van der Waals surface area contributed by atoms with Gasteiger partial charge in [-0.25, -0.2) is 5.01 Å². The van der Waals surface area contributed by atoms with Crippen LogP contribution in [0.3, 0.4) is 0 Å². The predicted molar refractivity (Wildman–Crippen MR) is 172 cm³/mol. The number of aromatic amines is 1. The Kier molecular flexibility index (Phi) is 8.09. The summed E-state index contributed by atoms with van der Waals surface area (Å²) >= 11 is 12.3. The van der Waals surface area contributed by atoms with Crippen molar-refractivity contribution < 1.29 is 9.59 Å². The molecule has 4 aromatic carbocycles. The monoisotopic (exact) mass is 608 g/mol. The number of benzene rings is 4. The van der Waals surface area contributed by atoms with E-state index in [0.29, 0.717) is 44.5 Å². The van der Waals surface area contributed by atoms with E-state index in [-0.39, 0.29) is 30.2 Å². The molecular weight excluding hydrogens is 583 g/mol. The van der Waals surface area contributed by atoms with Crippen LogP contribution in [0.4, 0.5) is 5.69 Å². The molecule has 9 heteroatoms. The second-order valence-electron chi connectivity index (χ2n) is 10.2. The van der Waals surface area contributed by atoms with Crippen LogP contribution < -0.4 is 10.9 Å². The zero-order chi connectivity index (χ0) is 29.9. The van der Waals surface area contributed by atoms with Crippen molar-refractivity contribution >= 4 is 57.3 Å². The van der Waals surface area contributed by atoms with Gasteiger partial charge in [-0.3, -0.25) is 14.4 Å². The lowest BCUT2D eigenvalue weighted by atomic mass is 9.91. The van der Waals surface area contributed by atoms with Crippen LogP contribution in [0.2, 0.25) is 10.0 Å². The number of nitrogens with one attached hydrogen (secondary N) is 2. The Hall–Kier alpha value is -4.72. The van der Waals surface area contributed by atoms with Crippen LogP contribution in [0.25, 0.3) is 22.0 Å². The number of hydrogen-bond donors (Lipinski definition) is 2. The highest BCUT2D eigenvalue weighted by atomic mass is 35.5. The van der Waals surface area contributed by atoms with Crippen molar-refractivity contribution in [3.63, 3.8) is 0 Å². The van der Waals surface area contributed by atoms with Crippen LogP contribution >= 0.6 is 23.2 Å². The summed E-state index contributed by atoms with van der Waals surface area (Å²) < 4.78 is 0. The molecule has 1 atom stereocenters. The molecule has 0 aliphatic carbocycles. The van der Waals surface area contributed by atoms with Gasteiger partial charge in [0, 0.05) is 51.5 Å². The van der Waals surface area contributed by atoms with Gasteiger partial charge < -0.3 is 10.3 Å². The number of amides is 2. The van der Waals surface area contributed by atoms with Gasteiger partial charge in [-0.15, -0.1) is 0 Å². The van der Waals surface area contributed by atoms with E-state index in [4.69, 9.17) is 28.3 Å². The lowest BCUT2D eigenvalue weighted by molar-refractivity contribution is -0.134. The third-order valence-electron chi connectivity index (χ3n) is 7.37. The molecule has 43 heavy (non-hydrogen) atoms. The lowest BCUT2D eigenvalue weighted by Gasteiger charge is -2.22. The zero-order valence-corrected chi connectivity index (χ0v) is 24.4. The van der Waals surface area contributed by atoms with E-state index in [1.807, 2.05) is 66.7 Å². The van der Waals surface area contributed by atoms with Crippen LogP contribution in [0.15, 0.2) is 113 Å². The second kappa shape index (κ2) is 12.3. The van der Waals surface area contributed by atoms with E-state index in [0.717, 1.165) is 16.5 Å². The first-order chi connectivity index (χ1) is 20.9. The van der Waals surface area contributed by atoms with Gasteiger partial charge in [0.25, 0.3) is 5.56 Å². The maximum atomic E-state index is 13.7. The number of halogens is 2. The highest BCUT2D eigenvalue weighted by Crippen LogP contribution is 2.37. The van der Waals surface area contributed by atoms with E-state index in [2.05, 4.69) is 10.3 Å². The minimum Gasteiger partial charge on any atom is -0.326 e. The molecule has 2 amide bonds. The second-order valence-corrected chi connectivity index (χ2v) is 11.1. The molecule has 5 aromatic rings. The fourth-order valence-electron chi connectivity index (χ4n) is 5.36. The number of anilines is 1. The third kappa shape index (κ3) is 6.09. The van der Waals surface area contributed by atoms with Crippen molar-refractivity contribution in [1.82, 2.24) is 9.99 Å². The van der Waals surface area contributed by atoms with Crippen LogP contribution in [0.1, 0.15) is 36.4 Å². The van der Waals surface area contributed by atoms with Crippen LogP contribution in [-0.4, -0.2) is 27.5 Å². The lowest BCUT2D eigenvalue weighted by Crippen LogP contribution is -2.28. The molecule has 214 valence electrons. The fourth-order valence-corrected chi connectivity index (χ4v) is 5.66. The van der Waals surface area contributed by atoms with Gasteiger partial charge in [0.1, 0.15) is 0 Å². The molecule has 0 spiro atoms.